The molecule has 0 bridgehead atoms. The fourth-order valence-electron chi connectivity index (χ4n) is 3.66. The molecule has 4 N–H and O–H groups in total. The van der Waals surface area contributed by atoms with Crippen LogP contribution in [-0.2, 0) is 14.1 Å². The Morgan fingerprint density at radius 3 is 2.59 bits per heavy atom. The average molecular weight is 463 g/mol. The number of amides is 1. The van der Waals surface area contributed by atoms with Crippen LogP contribution in [0.25, 0.3) is 11.4 Å². The lowest BCUT2D eigenvalue weighted by atomic mass is 10.1. The van der Waals surface area contributed by atoms with Crippen molar-refractivity contribution in [2.75, 3.05) is 17.7 Å². The largest absolute Gasteiger partial charge is 0.494 e. The highest BCUT2D eigenvalue weighted by molar-refractivity contribution is 5.98. The molecule has 34 heavy (non-hydrogen) atoms. The van der Waals surface area contributed by atoms with Gasteiger partial charge in [-0.05, 0) is 26.0 Å². The van der Waals surface area contributed by atoms with E-state index in [4.69, 9.17) is 10.5 Å². The first-order valence-corrected chi connectivity index (χ1v) is 10.5. The van der Waals surface area contributed by atoms with Crippen LogP contribution in [0.3, 0.4) is 0 Å². The lowest BCUT2D eigenvalue weighted by Gasteiger charge is -2.17. The van der Waals surface area contributed by atoms with Gasteiger partial charge in [0.1, 0.15) is 17.7 Å². The molecule has 12 heteroatoms. The van der Waals surface area contributed by atoms with Crippen LogP contribution in [0.1, 0.15) is 34.6 Å². The van der Waals surface area contributed by atoms with Crippen molar-refractivity contribution in [1.82, 2.24) is 34.5 Å². The molecule has 0 spiro atoms. The van der Waals surface area contributed by atoms with Gasteiger partial charge in [-0.25, -0.2) is 9.97 Å². The number of methoxy groups -OCH3 is 1. The van der Waals surface area contributed by atoms with E-state index in [-0.39, 0.29) is 17.4 Å². The summed E-state index contributed by atoms with van der Waals surface area (Å²) in [5.41, 5.74) is 8.88. The first-order chi connectivity index (χ1) is 16.3. The second-order valence-electron chi connectivity index (χ2n) is 7.78. The van der Waals surface area contributed by atoms with Crippen molar-refractivity contribution in [3.63, 3.8) is 0 Å². The number of ether oxygens (including phenoxy) is 1. The van der Waals surface area contributed by atoms with Crippen molar-refractivity contribution in [3.05, 3.63) is 53.7 Å². The van der Waals surface area contributed by atoms with Crippen molar-refractivity contribution in [1.29, 1.82) is 0 Å². The lowest BCUT2D eigenvalue weighted by Crippen LogP contribution is -2.17. The molecule has 0 radical (unpaired) electrons. The molecule has 0 aliphatic rings. The Labute approximate surface area is 196 Å². The maximum Gasteiger partial charge on any atom is 0.254 e. The Hall–Kier alpha value is -4.48. The standard InChI is InChI=1S/C22H26N10O2/c1-12(16-10-31(3)29-13(16)2)26-22-24-9-15(19(23)33)21(28-22)27-17-8-6-7-14(18(17)34-5)20-25-11-32(4)30-20/h6-12H,1-5H3,(H2,23,33)(H2,24,26,27,28). The van der Waals surface area contributed by atoms with Gasteiger partial charge >= 0.3 is 0 Å². The number of carbonyl (C=O) groups is 1. The molecule has 1 amide bonds. The molecule has 0 aliphatic heterocycles. The number of carbonyl (C=O) groups excluding carboxylic acids is 1. The molecule has 1 atom stereocenters. The first-order valence-electron chi connectivity index (χ1n) is 10.5. The predicted molar refractivity (Wildman–Crippen MR) is 127 cm³/mol. The molecule has 0 fully saturated rings. The number of nitrogens with zero attached hydrogens (tertiary/aromatic N) is 7. The Bertz CT molecular complexity index is 1340. The molecule has 3 heterocycles. The third-order valence-electron chi connectivity index (χ3n) is 5.23. The van der Waals surface area contributed by atoms with Crippen LogP contribution in [0, 0.1) is 6.92 Å². The third-order valence-corrected chi connectivity index (χ3v) is 5.23. The Kier molecular flexibility index (Phi) is 6.13. The highest BCUT2D eigenvalue weighted by atomic mass is 16.5. The minimum atomic E-state index is -0.660. The van der Waals surface area contributed by atoms with Crippen LogP contribution in [-0.4, -0.2) is 47.5 Å². The number of aromatic nitrogens is 7. The Balaban J connectivity index is 1.69. The minimum absolute atomic E-state index is 0.117. The molecule has 4 rings (SSSR count). The molecule has 0 saturated heterocycles. The number of nitrogens with two attached hydrogens (primary N) is 1. The highest BCUT2D eigenvalue weighted by Gasteiger charge is 2.19. The van der Waals surface area contributed by atoms with E-state index in [1.807, 2.05) is 39.2 Å². The van der Waals surface area contributed by atoms with E-state index in [1.54, 1.807) is 35.9 Å². The minimum Gasteiger partial charge on any atom is -0.494 e. The quantitative estimate of drug-likeness (QED) is 0.358. The van der Waals surface area contributed by atoms with Crippen LogP contribution < -0.4 is 21.1 Å². The topological polar surface area (TPSA) is 151 Å². The maximum atomic E-state index is 12.1. The van der Waals surface area contributed by atoms with Crippen molar-refractivity contribution in [3.8, 4) is 17.1 Å². The summed E-state index contributed by atoms with van der Waals surface area (Å²) in [7, 11) is 5.20. The van der Waals surface area contributed by atoms with Crippen molar-refractivity contribution in [2.24, 2.45) is 19.8 Å². The Morgan fingerprint density at radius 2 is 1.97 bits per heavy atom. The monoisotopic (exact) mass is 462 g/mol. The van der Waals surface area contributed by atoms with Crippen molar-refractivity contribution in [2.45, 2.75) is 19.9 Å². The van der Waals surface area contributed by atoms with Gasteiger partial charge < -0.3 is 21.1 Å². The van der Waals surface area contributed by atoms with E-state index >= 15 is 0 Å². The summed E-state index contributed by atoms with van der Waals surface area (Å²) in [6.45, 7) is 3.92. The number of hydrogen-bond acceptors (Lipinski definition) is 9. The second-order valence-corrected chi connectivity index (χ2v) is 7.78. The molecule has 3 aromatic heterocycles. The third kappa shape index (κ3) is 4.51. The van der Waals surface area contributed by atoms with E-state index in [1.165, 1.54) is 6.20 Å². The number of anilines is 3. The number of benzene rings is 1. The molecular weight excluding hydrogens is 436 g/mol. The maximum absolute atomic E-state index is 12.1. The van der Waals surface area contributed by atoms with Crippen molar-refractivity contribution < 1.29 is 9.53 Å². The van der Waals surface area contributed by atoms with Crippen molar-refractivity contribution >= 4 is 23.4 Å². The van der Waals surface area contributed by atoms with Gasteiger partial charge in [0.15, 0.2) is 11.6 Å². The highest BCUT2D eigenvalue weighted by Crippen LogP contribution is 2.36. The number of hydrogen-bond donors (Lipinski definition) is 3. The zero-order valence-corrected chi connectivity index (χ0v) is 19.6. The average Bonchev–Trinajstić information content (AvgIpc) is 3.37. The van der Waals surface area contributed by atoms with Gasteiger partial charge in [0.2, 0.25) is 5.95 Å². The summed E-state index contributed by atoms with van der Waals surface area (Å²) in [5, 5.41) is 15.1. The summed E-state index contributed by atoms with van der Waals surface area (Å²) in [6.07, 6.45) is 4.93. The number of rotatable bonds is 8. The van der Waals surface area contributed by atoms with Gasteiger partial charge in [0, 0.05) is 32.1 Å². The van der Waals surface area contributed by atoms with Crippen LogP contribution in [0.2, 0.25) is 0 Å². The molecule has 1 aromatic carbocycles. The summed E-state index contributed by atoms with van der Waals surface area (Å²) < 4.78 is 9.00. The predicted octanol–water partition coefficient (Wildman–Crippen LogP) is 2.34. The van der Waals surface area contributed by atoms with Gasteiger partial charge in [0.25, 0.3) is 5.91 Å². The summed E-state index contributed by atoms with van der Waals surface area (Å²) in [6, 6.07) is 5.36. The lowest BCUT2D eigenvalue weighted by molar-refractivity contribution is 0.100. The Morgan fingerprint density at radius 1 is 1.18 bits per heavy atom. The number of nitrogens with one attached hydrogen (secondary N) is 2. The van der Waals surface area contributed by atoms with Gasteiger partial charge in [-0.3, -0.25) is 14.2 Å². The SMILES string of the molecule is COc1c(Nc2nc(NC(C)c3cn(C)nc3C)ncc2C(N)=O)cccc1-c1ncn(C)n1. The number of primary amides is 1. The number of aryl methyl sites for hydroxylation is 3. The molecular formula is C22H26N10O2. The normalized spacial score (nSPS) is 11.8. The number of para-hydroxylation sites is 1. The van der Waals surface area contributed by atoms with Crippen LogP contribution in [0.5, 0.6) is 5.75 Å². The first kappa shape index (κ1) is 22.7. The van der Waals surface area contributed by atoms with Gasteiger partial charge in [0.05, 0.1) is 30.1 Å². The van der Waals surface area contributed by atoms with E-state index in [0.29, 0.717) is 28.8 Å². The fraction of sp³-hybridized carbons (Fsp3) is 0.273. The van der Waals surface area contributed by atoms with E-state index < -0.39 is 5.91 Å². The zero-order valence-electron chi connectivity index (χ0n) is 19.6. The molecule has 12 nitrogen and oxygen atoms in total. The van der Waals surface area contributed by atoms with E-state index in [0.717, 1.165) is 11.3 Å². The van der Waals surface area contributed by atoms with Gasteiger partial charge in [-0.2, -0.15) is 15.2 Å². The zero-order chi connectivity index (χ0) is 24.4. The molecule has 176 valence electrons. The molecule has 1 unspecified atom stereocenters. The van der Waals surface area contributed by atoms with Gasteiger partial charge in [-0.15, -0.1) is 0 Å². The van der Waals surface area contributed by atoms with E-state index in [2.05, 4.69) is 35.8 Å². The molecule has 4 aromatic rings. The summed E-state index contributed by atoms with van der Waals surface area (Å²) in [4.78, 5) is 25.2. The van der Waals surface area contributed by atoms with E-state index in [9.17, 15) is 4.79 Å². The van der Waals surface area contributed by atoms with Crippen LogP contribution in [0.4, 0.5) is 17.5 Å². The van der Waals surface area contributed by atoms with Gasteiger partial charge in [-0.1, -0.05) is 6.07 Å². The summed E-state index contributed by atoms with van der Waals surface area (Å²) in [5.74, 6) is 0.904. The summed E-state index contributed by atoms with van der Waals surface area (Å²) >= 11 is 0. The second kappa shape index (κ2) is 9.17. The molecule has 0 saturated carbocycles. The molecule has 0 aliphatic carbocycles. The smallest absolute Gasteiger partial charge is 0.254 e. The van der Waals surface area contributed by atoms with Crippen LogP contribution >= 0.6 is 0 Å². The van der Waals surface area contributed by atoms with Crippen LogP contribution in [0.15, 0.2) is 36.9 Å². The fourth-order valence-corrected chi connectivity index (χ4v) is 3.66.